The van der Waals surface area contributed by atoms with E-state index in [1.165, 1.54) is 4.90 Å². The van der Waals surface area contributed by atoms with Gasteiger partial charge in [-0.1, -0.05) is 0 Å². The van der Waals surface area contributed by atoms with Crippen LogP contribution in [0.25, 0.3) is 10.8 Å². The van der Waals surface area contributed by atoms with Gasteiger partial charge in [0.1, 0.15) is 12.4 Å². The van der Waals surface area contributed by atoms with Crippen LogP contribution in [0.2, 0.25) is 0 Å². The van der Waals surface area contributed by atoms with Gasteiger partial charge in [0, 0.05) is 34.1 Å². The Bertz CT molecular complexity index is 906. The van der Waals surface area contributed by atoms with Crippen LogP contribution in [0.15, 0.2) is 24.3 Å². The molecule has 0 bridgehead atoms. The van der Waals surface area contributed by atoms with E-state index in [0.717, 1.165) is 11.1 Å². The van der Waals surface area contributed by atoms with Crippen LogP contribution in [0.1, 0.15) is 20.7 Å². The number of carbonyl (C=O) groups excluding carboxylic acids is 2. The fourth-order valence-corrected chi connectivity index (χ4v) is 3.83. The predicted molar refractivity (Wildman–Crippen MR) is 102 cm³/mol. The number of aliphatic hydroxyl groups is 2. The molecule has 2 heterocycles. The van der Waals surface area contributed by atoms with Crippen LogP contribution in [-0.4, -0.2) is 79.6 Å². The fraction of sp³-hybridized carbons (Fsp3) is 0.400. The van der Waals surface area contributed by atoms with E-state index in [1.54, 1.807) is 18.2 Å². The van der Waals surface area contributed by atoms with Gasteiger partial charge in [-0.15, -0.1) is 0 Å². The highest BCUT2D eigenvalue weighted by Gasteiger charge is 2.35. The Hall–Kier alpha value is -2.68. The van der Waals surface area contributed by atoms with E-state index < -0.39 is 0 Å². The van der Waals surface area contributed by atoms with Crippen LogP contribution in [0.4, 0.5) is 5.69 Å². The smallest absolute Gasteiger partial charge is 0.261 e. The highest BCUT2D eigenvalue weighted by atomic mass is 16.5. The molecule has 0 atom stereocenters. The Labute approximate surface area is 161 Å². The molecular weight excluding hydrogens is 364 g/mol. The number of rotatable bonds is 7. The van der Waals surface area contributed by atoms with E-state index in [0.29, 0.717) is 42.0 Å². The fourth-order valence-electron chi connectivity index (χ4n) is 3.83. The molecule has 0 saturated carbocycles. The van der Waals surface area contributed by atoms with Gasteiger partial charge in [0.25, 0.3) is 11.8 Å². The highest BCUT2D eigenvalue weighted by Crippen LogP contribution is 2.42. The van der Waals surface area contributed by atoms with E-state index in [-0.39, 0.29) is 44.8 Å². The van der Waals surface area contributed by atoms with Crippen LogP contribution >= 0.6 is 0 Å². The quantitative estimate of drug-likeness (QED) is 0.532. The van der Waals surface area contributed by atoms with Crippen molar-refractivity contribution >= 4 is 28.3 Å². The number of hydrogen-bond acceptors (Lipinski definition) is 7. The van der Waals surface area contributed by atoms with Gasteiger partial charge >= 0.3 is 0 Å². The summed E-state index contributed by atoms with van der Waals surface area (Å²) in [7, 11) is 0. The van der Waals surface area contributed by atoms with Crippen molar-refractivity contribution in [2.45, 2.75) is 0 Å². The monoisotopic (exact) mass is 386 g/mol. The van der Waals surface area contributed by atoms with Crippen LogP contribution in [-0.2, 0) is 4.74 Å². The molecule has 8 heteroatoms. The second kappa shape index (κ2) is 7.75. The van der Waals surface area contributed by atoms with Gasteiger partial charge in [0.2, 0.25) is 0 Å². The van der Waals surface area contributed by atoms with Crippen LogP contribution in [0.3, 0.4) is 0 Å². The number of hydrogen-bond donors (Lipinski definition) is 2. The maximum absolute atomic E-state index is 13.0. The normalized spacial score (nSPS) is 15.8. The van der Waals surface area contributed by atoms with Crippen LogP contribution in [0, 0.1) is 0 Å². The summed E-state index contributed by atoms with van der Waals surface area (Å²) in [5.41, 5.74) is 1.75. The minimum atomic E-state index is -0.369. The summed E-state index contributed by atoms with van der Waals surface area (Å²) in [4.78, 5) is 29.2. The van der Waals surface area contributed by atoms with E-state index in [2.05, 4.69) is 0 Å². The third-order valence-electron chi connectivity index (χ3n) is 5.08. The molecule has 2 aliphatic heterocycles. The molecule has 28 heavy (non-hydrogen) atoms. The Kier molecular flexibility index (Phi) is 5.17. The van der Waals surface area contributed by atoms with Crippen molar-refractivity contribution in [3.05, 3.63) is 35.4 Å². The maximum atomic E-state index is 13.0. The molecule has 2 N–H and O–H groups in total. The van der Waals surface area contributed by atoms with Crippen molar-refractivity contribution in [2.75, 3.05) is 57.6 Å². The molecule has 148 valence electrons. The van der Waals surface area contributed by atoms with Gasteiger partial charge in [-0.2, -0.15) is 0 Å². The lowest BCUT2D eigenvalue weighted by Crippen LogP contribution is -2.42. The molecule has 4 rings (SSSR count). The number of carbonyl (C=O) groups is 2. The number of aliphatic hydroxyl groups excluding tert-OH is 2. The SMILES string of the molecule is O=C1c2ccc3c4c(ccc(c24)C(=O)N1CCOCCO)N(CCO)CCO3. The molecule has 0 aromatic heterocycles. The zero-order valence-electron chi connectivity index (χ0n) is 15.4. The van der Waals surface area contributed by atoms with Gasteiger partial charge < -0.3 is 24.6 Å². The summed E-state index contributed by atoms with van der Waals surface area (Å²) < 4.78 is 11.1. The Morgan fingerprint density at radius 1 is 0.929 bits per heavy atom. The number of nitrogens with zero attached hydrogens (tertiary/aromatic N) is 2. The zero-order valence-corrected chi connectivity index (χ0v) is 15.4. The lowest BCUT2D eigenvalue weighted by Gasteiger charge is -2.29. The molecule has 0 unspecified atom stereocenters. The molecule has 0 aliphatic carbocycles. The lowest BCUT2D eigenvalue weighted by molar-refractivity contribution is 0.0478. The summed E-state index contributed by atoms with van der Waals surface area (Å²) in [6.45, 7) is 1.84. The first-order chi connectivity index (χ1) is 13.7. The number of amides is 2. The Balaban J connectivity index is 1.80. The first kappa shape index (κ1) is 18.7. The lowest BCUT2D eigenvalue weighted by atomic mass is 9.92. The van der Waals surface area contributed by atoms with Gasteiger partial charge in [-0.05, 0) is 24.3 Å². The number of β-amino-alcohol motifs (C(OH)–C–C–N with tert-alkyl or cyclic N) is 1. The van der Waals surface area contributed by atoms with Crippen molar-refractivity contribution < 1.29 is 29.3 Å². The molecule has 2 amide bonds. The number of anilines is 1. The van der Waals surface area contributed by atoms with E-state index in [1.807, 2.05) is 11.0 Å². The standard InChI is InChI=1S/C20H22N2O6/c23-8-5-21-6-11-28-16-4-2-14-17-13(1-3-15(21)18(16)17)19(25)22(20(14)26)7-10-27-12-9-24/h1-4,23-24H,5-12H2. The van der Waals surface area contributed by atoms with Gasteiger partial charge in [-0.3, -0.25) is 14.5 Å². The zero-order chi connectivity index (χ0) is 19.7. The van der Waals surface area contributed by atoms with Crippen molar-refractivity contribution in [3.8, 4) is 5.75 Å². The Morgan fingerprint density at radius 2 is 1.68 bits per heavy atom. The number of benzene rings is 2. The number of imide groups is 1. The van der Waals surface area contributed by atoms with Crippen molar-refractivity contribution in [2.24, 2.45) is 0 Å². The molecule has 2 aromatic carbocycles. The maximum Gasteiger partial charge on any atom is 0.261 e. The second-order valence-corrected chi connectivity index (χ2v) is 6.65. The van der Waals surface area contributed by atoms with Crippen molar-refractivity contribution in [1.29, 1.82) is 0 Å². The average Bonchev–Trinajstić information content (AvgIpc) is 2.88. The molecule has 0 radical (unpaired) electrons. The average molecular weight is 386 g/mol. The van der Waals surface area contributed by atoms with E-state index in [4.69, 9.17) is 14.6 Å². The van der Waals surface area contributed by atoms with Gasteiger partial charge in [0.05, 0.1) is 39.5 Å². The third kappa shape index (κ3) is 2.99. The minimum Gasteiger partial charge on any atom is -0.491 e. The topological polar surface area (TPSA) is 99.5 Å². The third-order valence-corrected chi connectivity index (χ3v) is 5.08. The summed E-state index contributed by atoms with van der Waals surface area (Å²) in [6.07, 6.45) is 0. The van der Waals surface area contributed by atoms with Crippen molar-refractivity contribution in [1.82, 2.24) is 4.90 Å². The second-order valence-electron chi connectivity index (χ2n) is 6.65. The largest absolute Gasteiger partial charge is 0.491 e. The summed E-state index contributed by atoms with van der Waals surface area (Å²) in [5, 5.41) is 19.5. The van der Waals surface area contributed by atoms with Gasteiger partial charge in [0.15, 0.2) is 0 Å². The van der Waals surface area contributed by atoms with Gasteiger partial charge in [-0.25, -0.2) is 0 Å². The summed E-state index contributed by atoms with van der Waals surface area (Å²) >= 11 is 0. The molecular formula is C20H22N2O6. The molecule has 0 fully saturated rings. The molecule has 8 nitrogen and oxygen atoms in total. The molecule has 2 aliphatic rings. The highest BCUT2D eigenvalue weighted by molar-refractivity contribution is 6.27. The van der Waals surface area contributed by atoms with Crippen LogP contribution < -0.4 is 9.64 Å². The molecule has 2 aromatic rings. The van der Waals surface area contributed by atoms with Crippen molar-refractivity contribution in [3.63, 3.8) is 0 Å². The summed E-state index contributed by atoms with van der Waals surface area (Å²) in [5.74, 6) is -0.102. The molecule has 0 spiro atoms. The minimum absolute atomic E-state index is 0.00223. The Morgan fingerprint density at radius 3 is 2.39 bits per heavy atom. The van der Waals surface area contributed by atoms with E-state index >= 15 is 0 Å². The molecule has 0 saturated heterocycles. The predicted octanol–water partition coefficient (Wildman–Crippen LogP) is 0.636. The first-order valence-corrected chi connectivity index (χ1v) is 9.30. The summed E-state index contributed by atoms with van der Waals surface area (Å²) in [6, 6.07) is 7.05. The van der Waals surface area contributed by atoms with E-state index in [9.17, 15) is 14.7 Å². The number of ether oxygens (including phenoxy) is 2. The first-order valence-electron chi connectivity index (χ1n) is 9.30. The van der Waals surface area contributed by atoms with Crippen LogP contribution in [0.5, 0.6) is 5.75 Å².